The van der Waals surface area contributed by atoms with Crippen LogP contribution in [-0.2, 0) is 4.74 Å². The molecular weight excluding hydrogens is 192 g/mol. The predicted molar refractivity (Wildman–Crippen MR) is 59.1 cm³/mol. The lowest BCUT2D eigenvalue weighted by atomic mass is 10.1. The van der Waals surface area contributed by atoms with Gasteiger partial charge in [-0.1, -0.05) is 0 Å². The largest absolute Gasteiger partial charge is 0.495 e. The third kappa shape index (κ3) is 3.18. The highest BCUT2D eigenvalue weighted by molar-refractivity contribution is 5.29. The SMILES string of the molecule is CNC(CCOC)c1ncccc1OC. The highest BCUT2D eigenvalue weighted by atomic mass is 16.5. The number of rotatable bonds is 6. The van der Waals surface area contributed by atoms with E-state index in [1.54, 1.807) is 20.4 Å². The predicted octanol–water partition coefficient (Wildman–Crippen LogP) is 1.39. The minimum Gasteiger partial charge on any atom is -0.495 e. The van der Waals surface area contributed by atoms with Crippen LogP contribution in [-0.4, -0.2) is 32.9 Å². The van der Waals surface area contributed by atoms with Gasteiger partial charge in [0, 0.05) is 19.9 Å². The number of ether oxygens (including phenoxy) is 2. The van der Waals surface area contributed by atoms with Gasteiger partial charge in [-0.3, -0.25) is 4.98 Å². The van der Waals surface area contributed by atoms with Gasteiger partial charge in [0.25, 0.3) is 0 Å². The molecule has 84 valence electrons. The second-order valence-electron chi connectivity index (χ2n) is 3.21. The van der Waals surface area contributed by atoms with Crippen molar-refractivity contribution in [2.75, 3.05) is 27.9 Å². The maximum atomic E-state index is 5.26. The Hall–Kier alpha value is -1.13. The molecule has 1 aromatic rings. The van der Waals surface area contributed by atoms with E-state index in [-0.39, 0.29) is 6.04 Å². The Kier molecular flexibility index (Phi) is 5.07. The normalized spacial score (nSPS) is 12.5. The van der Waals surface area contributed by atoms with Gasteiger partial charge >= 0.3 is 0 Å². The van der Waals surface area contributed by atoms with Crippen LogP contribution >= 0.6 is 0 Å². The van der Waals surface area contributed by atoms with Crippen LogP contribution in [0.25, 0.3) is 0 Å². The minimum absolute atomic E-state index is 0.168. The van der Waals surface area contributed by atoms with E-state index in [1.807, 2.05) is 19.2 Å². The minimum atomic E-state index is 0.168. The second-order valence-corrected chi connectivity index (χ2v) is 3.21. The first-order chi connectivity index (χ1) is 7.33. The van der Waals surface area contributed by atoms with E-state index in [0.717, 1.165) is 17.9 Å². The summed E-state index contributed by atoms with van der Waals surface area (Å²) in [7, 11) is 5.26. The molecule has 1 unspecified atom stereocenters. The van der Waals surface area contributed by atoms with Crippen LogP contribution in [0.5, 0.6) is 5.75 Å². The van der Waals surface area contributed by atoms with Gasteiger partial charge in [0.05, 0.1) is 18.8 Å². The average Bonchev–Trinajstić information content (AvgIpc) is 2.30. The molecule has 1 N–H and O–H groups in total. The van der Waals surface area contributed by atoms with Crippen LogP contribution in [0.3, 0.4) is 0 Å². The van der Waals surface area contributed by atoms with E-state index in [2.05, 4.69) is 10.3 Å². The highest BCUT2D eigenvalue weighted by Crippen LogP contribution is 2.24. The van der Waals surface area contributed by atoms with E-state index < -0.39 is 0 Å². The van der Waals surface area contributed by atoms with E-state index in [4.69, 9.17) is 9.47 Å². The Labute approximate surface area is 90.6 Å². The maximum Gasteiger partial charge on any atom is 0.141 e. The molecule has 0 aromatic carbocycles. The van der Waals surface area contributed by atoms with Gasteiger partial charge in [-0.2, -0.15) is 0 Å². The number of aromatic nitrogens is 1. The molecule has 0 aliphatic heterocycles. The summed E-state index contributed by atoms with van der Waals surface area (Å²) in [6.07, 6.45) is 2.65. The molecule has 0 bridgehead atoms. The van der Waals surface area contributed by atoms with Gasteiger partial charge in [-0.15, -0.1) is 0 Å². The Morgan fingerprint density at radius 2 is 2.27 bits per heavy atom. The standard InChI is InChI=1S/C11H18N2O2/c1-12-9(6-8-14-2)11-10(15-3)5-4-7-13-11/h4-5,7,9,12H,6,8H2,1-3H3. The van der Waals surface area contributed by atoms with Crippen LogP contribution in [0.2, 0.25) is 0 Å². The molecule has 1 rings (SSSR count). The molecule has 15 heavy (non-hydrogen) atoms. The van der Waals surface area contributed by atoms with E-state index in [9.17, 15) is 0 Å². The highest BCUT2D eigenvalue weighted by Gasteiger charge is 2.14. The van der Waals surface area contributed by atoms with E-state index >= 15 is 0 Å². The summed E-state index contributed by atoms with van der Waals surface area (Å²) < 4.78 is 10.3. The number of hydrogen-bond donors (Lipinski definition) is 1. The molecule has 1 aromatic heterocycles. The zero-order valence-electron chi connectivity index (χ0n) is 9.49. The third-order valence-corrected chi connectivity index (χ3v) is 2.31. The molecule has 1 atom stereocenters. The van der Waals surface area contributed by atoms with Crippen molar-refractivity contribution in [2.45, 2.75) is 12.5 Å². The zero-order chi connectivity index (χ0) is 11.1. The van der Waals surface area contributed by atoms with Gasteiger partial charge in [0.2, 0.25) is 0 Å². The van der Waals surface area contributed by atoms with Gasteiger partial charge < -0.3 is 14.8 Å². The Morgan fingerprint density at radius 1 is 1.47 bits per heavy atom. The molecule has 0 radical (unpaired) electrons. The van der Waals surface area contributed by atoms with Crippen molar-refractivity contribution in [1.82, 2.24) is 10.3 Å². The number of pyridine rings is 1. The van der Waals surface area contributed by atoms with Crippen LogP contribution in [0.1, 0.15) is 18.2 Å². The molecular formula is C11H18N2O2. The monoisotopic (exact) mass is 210 g/mol. The summed E-state index contributed by atoms with van der Waals surface area (Å²) in [4.78, 5) is 4.33. The molecule has 4 nitrogen and oxygen atoms in total. The van der Waals surface area contributed by atoms with Gasteiger partial charge in [-0.25, -0.2) is 0 Å². The summed E-state index contributed by atoms with van der Waals surface area (Å²) in [5.74, 6) is 0.813. The van der Waals surface area contributed by atoms with Gasteiger partial charge in [0.1, 0.15) is 5.75 Å². The van der Waals surface area contributed by atoms with Crippen LogP contribution < -0.4 is 10.1 Å². The smallest absolute Gasteiger partial charge is 0.141 e. The van der Waals surface area contributed by atoms with E-state index in [0.29, 0.717) is 6.61 Å². The molecule has 0 aliphatic rings. The second kappa shape index (κ2) is 6.37. The molecule has 0 spiro atoms. The number of hydrogen-bond acceptors (Lipinski definition) is 4. The Balaban J connectivity index is 2.80. The van der Waals surface area contributed by atoms with Crippen molar-refractivity contribution in [2.24, 2.45) is 0 Å². The fourth-order valence-electron chi connectivity index (χ4n) is 1.49. The summed E-state index contributed by atoms with van der Waals surface area (Å²) in [6.45, 7) is 0.700. The van der Waals surface area contributed by atoms with Crippen LogP contribution in [0.15, 0.2) is 18.3 Å². The fourth-order valence-corrected chi connectivity index (χ4v) is 1.49. The summed E-state index contributed by atoms with van der Waals surface area (Å²) in [5.41, 5.74) is 0.930. The summed E-state index contributed by atoms with van der Waals surface area (Å²) in [6, 6.07) is 3.95. The lowest BCUT2D eigenvalue weighted by Gasteiger charge is -2.17. The molecule has 0 saturated heterocycles. The first-order valence-corrected chi connectivity index (χ1v) is 4.98. The first-order valence-electron chi connectivity index (χ1n) is 4.98. The summed E-state index contributed by atoms with van der Waals surface area (Å²) in [5, 5.41) is 3.21. The number of nitrogens with one attached hydrogen (secondary N) is 1. The molecule has 1 heterocycles. The average molecular weight is 210 g/mol. The molecule has 0 amide bonds. The maximum absolute atomic E-state index is 5.26. The van der Waals surface area contributed by atoms with Crippen molar-refractivity contribution in [3.8, 4) is 5.75 Å². The van der Waals surface area contributed by atoms with Gasteiger partial charge in [0.15, 0.2) is 0 Å². The Morgan fingerprint density at radius 3 is 2.87 bits per heavy atom. The number of nitrogens with zero attached hydrogens (tertiary/aromatic N) is 1. The third-order valence-electron chi connectivity index (χ3n) is 2.31. The van der Waals surface area contributed by atoms with E-state index in [1.165, 1.54) is 0 Å². The lowest BCUT2D eigenvalue weighted by Crippen LogP contribution is -2.20. The van der Waals surface area contributed by atoms with Crippen molar-refractivity contribution in [1.29, 1.82) is 0 Å². The molecule has 0 aliphatic carbocycles. The van der Waals surface area contributed by atoms with Crippen molar-refractivity contribution in [3.05, 3.63) is 24.0 Å². The van der Waals surface area contributed by atoms with Gasteiger partial charge in [-0.05, 0) is 25.6 Å². The topological polar surface area (TPSA) is 43.4 Å². The lowest BCUT2D eigenvalue weighted by molar-refractivity contribution is 0.183. The Bertz CT molecular complexity index is 292. The quantitative estimate of drug-likeness (QED) is 0.770. The van der Waals surface area contributed by atoms with Crippen LogP contribution in [0, 0.1) is 0 Å². The summed E-state index contributed by atoms with van der Waals surface area (Å²) >= 11 is 0. The fraction of sp³-hybridized carbons (Fsp3) is 0.545. The molecule has 4 heteroatoms. The van der Waals surface area contributed by atoms with Crippen molar-refractivity contribution in [3.63, 3.8) is 0 Å². The van der Waals surface area contributed by atoms with Crippen molar-refractivity contribution >= 4 is 0 Å². The molecule has 0 fully saturated rings. The first kappa shape index (κ1) is 11.9. The number of methoxy groups -OCH3 is 2. The van der Waals surface area contributed by atoms with Crippen LogP contribution in [0.4, 0.5) is 0 Å². The van der Waals surface area contributed by atoms with Crippen molar-refractivity contribution < 1.29 is 9.47 Å². The zero-order valence-corrected chi connectivity index (χ0v) is 9.49. The molecule has 0 saturated carbocycles.